The summed E-state index contributed by atoms with van der Waals surface area (Å²) in [6.07, 6.45) is 0.822. The Morgan fingerprint density at radius 2 is 1.87 bits per heavy atom. The Bertz CT molecular complexity index is 1230. The first-order chi connectivity index (χ1) is 14.1. The molecule has 0 spiro atoms. The fraction of sp³-hybridized carbons (Fsp3) is 0.474. The van der Waals surface area contributed by atoms with Crippen LogP contribution in [0.2, 0.25) is 5.02 Å². The number of aromatic nitrogens is 5. The van der Waals surface area contributed by atoms with Crippen molar-refractivity contribution in [3.63, 3.8) is 0 Å². The molecular formula is C19H17ClF3N5O2. The summed E-state index contributed by atoms with van der Waals surface area (Å²) < 4.78 is 42.1. The first-order valence-corrected chi connectivity index (χ1v) is 9.90. The molecule has 0 bridgehead atoms. The lowest BCUT2D eigenvalue weighted by molar-refractivity contribution is -0.141. The van der Waals surface area contributed by atoms with Crippen LogP contribution in [-0.2, 0) is 18.8 Å². The van der Waals surface area contributed by atoms with E-state index < -0.39 is 22.5 Å². The third-order valence-corrected chi connectivity index (χ3v) is 6.08. The maximum Gasteiger partial charge on any atom is 0.434 e. The third-order valence-electron chi connectivity index (χ3n) is 5.79. The van der Waals surface area contributed by atoms with Crippen molar-refractivity contribution in [2.24, 2.45) is 13.0 Å². The van der Waals surface area contributed by atoms with Crippen molar-refractivity contribution in [2.75, 3.05) is 0 Å². The molecule has 3 aromatic heterocycles. The van der Waals surface area contributed by atoms with Gasteiger partial charge < -0.3 is 5.11 Å². The van der Waals surface area contributed by atoms with Gasteiger partial charge in [-0.25, -0.2) is 9.97 Å². The predicted octanol–water partition coefficient (Wildman–Crippen LogP) is 3.18. The fourth-order valence-electron chi connectivity index (χ4n) is 4.04. The molecule has 1 N–H and O–H groups in total. The van der Waals surface area contributed by atoms with Gasteiger partial charge in [-0.05, 0) is 37.7 Å². The van der Waals surface area contributed by atoms with Crippen LogP contribution in [0.1, 0.15) is 48.7 Å². The van der Waals surface area contributed by atoms with Crippen LogP contribution in [0.3, 0.4) is 0 Å². The van der Waals surface area contributed by atoms with Gasteiger partial charge in [0, 0.05) is 24.8 Å². The Balaban J connectivity index is 1.71. The number of hydrogen-bond donors (Lipinski definition) is 1. The van der Waals surface area contributed by atoms with Gasteiger partial charge in [0.1, 0.15) is 16.8 Å². The summed E-state index contributed by atoms with van der Waals surface area (Å²) >= 11 is 5.87. The van der Waals surface area contributed by atoms with Gasteiger partial charge in [-0.1, -0.05) is 11.6 Å². The number of nitrogens with zero attached hydrogens (tertiary/aromatic N) is 5. The highest BCUT2D eigenvalue weighted by Crippen LogP contribution is 2.51. The number of halogens is 4. The number of aliphatic hydroxyl groups is 1. The Kier molecular flexibility index (Phi) is 4.08. The summed E-state index contributed by atoms with van der Waals surface area (Å²) in [6.45, 7) is 0. The second-order valence-corrected chi connectivity index (χ2v) is 8.36. The Hall–Kier alpha value is -2.46. The normalized spacial score (nSPS) is 19.3. The van der Waals surface area contributed by atoms with Crippen molar-refractivity contribution in [1.82, 2.24) is 24.3 Å². The average Bonchev–Trinajstić information content (AvgIpc) is 3.57. The van der Waals surface area contributed by atoms with E-state index in [4.69, 9.17) is 11.6 Å². The van der Waals surface area contributed by atoms with Gasteiger partial charge in [0.05, 0.1) is 11.3 Å². The number of rotatable bonds is 4. The standard InChI is InChI=1S/C19H17ClF3N5O2/c1-27-16(13-14(26-27)17(29)28(8-25-13)11-4-5-11)18(30,9-2-3-9)10-6-12(20)15(24-7-10)19(21,22)23/h6-9,11,30H,2-5H2,1H3. The summed E-state index contributed by atoms with van der Waals surface area (Å²) in [4.78, 5) is 20.7. The quantitative estimate of drug-likeness (QED) is 0.674. The van der Waals surface area contributed by atoms with Gasteiger partial charge in [-0.3, -0.25) is 14.0 Å². The highest BCUT2D eigenvalue weighted by molar-refractivity contribution is 6.31. The van der Waals surface area contributed by atoms with Crippen LogP contribution in [-0.4, -0.2) is 29.4 Å². The molecule has 2 saturated carbocycles. The van der Waals surface area contributed by atoms with E-state index in [-0.39, 0.29) is 39.8 Å². The lowest BCUT2D eigenvalue weighted by Gasteiger charge is -2.29. The minimum absolute atomic E-state index is 0.111. The molecule has 0 radical (unpaired) electrons. The zero-order valence-corrected chi connectivity index (χ0v) is 16.6. The summed E-state index contributed by atoms with van der Waals surface area (Å²) in [7, 11) is 1.57. The summed E-state index contributed by atoms with van der Waals surface area (Å²) in [6, 6.07) is 1.19. The third kappa shape index (κ3) is 2.84. The molecule has 2 aliphatic rings. The first kappa shape index (κ1) is 19.5. The molecular weight excluding hydrogens is 423 g/mol. The van der Waals surface area contributed by atoms with Gasteiger partial charge in [-0.2, -0.15) is 18.3 Å². The minimum Gasteiger partial charge on any atom is -0.378 e. The monoisotopic (exact) mass is 439 g/mol. The molecule has 3 heterocycles. The molecule has 0 amide bonds. The van der Waals surface area contributed by atoms with E-state index in [0.717, 1.165) is 25.1 Å². The molecule has 3 aromatic rings. The molecule has 2 fully saturated rings. The van der Waals surface area contributed by atoms with Crippen LogP contribution in [0.5, 0.6) is 0 Å². The maximum atomic E-state index is 13.1. The predicted molar refractivity (Wildman–Crippen MR) is 101 cm³/mol. The van der Waals surface area contributed by atoms with Gasteiger partial charge in [0.25, 0.3) is 5.56 Å². The number of alkyl halides is 3. The number of fused-ring (bicyclic) bond motifs is 1. The molecule has 30 heavy (non-hydrogen) atoms. The Morgan fingerprint density at radius 1 is 1.17 bits per heavy atom. The molecule has 0 aliphatic heterocycles. The van der Waals surface area contributed by atoms with E-state index in [1.165, 1.54) is 15.6 Å². The molecule has 11 heteroatoms. The molecule has 1 atom stereocenters. The van der Waals surface area contributed by atoms with Gasteiger partial charge in [0.2, 0.25) is 0 Å². The molecule has 158 valence electrons. The molecule has 1 unspecified atom stereocenters. The zero-order chi connectivity index (χ0) is 21.4. The van der Waals surface area contributed by atoms with Crippen LogP contribution in [0.25, 0.3) is 11.0 Å². The second kappa shape index (κ2) is 6.27. The van der Waals surface area contributed by atoms with Crippen molar-refractivity contribution in [1.29, 1.82) is 0 Å². The van der Waals surface area contributed by atoms with Crippen molar-refractivity contribution in [3.05, 3.63) is 50.9 Å². The van der Waals surface area contributed by atoms with E-state index in [9.17, 15) is 23.1 Å². The van der Waals surface area contributed by atoms with E-state index in [1.54, 1.807) is 7.05 Å². The number of aryl methyl sites for hydroxylation is 1. The highest BCUT2D eigenvalue weighted by Gasteiger charge is 2.51. The topological polar surface area (TPSA) is 85.8 Å². The number of pyridine rings is 1. The number of hydrogen-bond acceptors (Lipinski definition) is 5. The van der Waals surface area contributed by atoms with Crippen molar-refractivity contribution < 1.29 is 18.3 Å². The fourth-order valence-corrected chi connectivity index (χ4v) is 4.31. The average molecular weight is 440 g/mol. The summed E-state index contributed by atoms with van der Waals surface area (Å²) in [5, 5.41) is 15.5. The highest BCUT2D eigenvalue weighted by atomic mass is 35.5. The summed E-state index contributed by atoms with van der Waals surface area (Å²) in [5.41, 5.74) is -2.54. The van der Waals surface area contributed by atoms with Crippen LogP contribution in [0.4, 0.5) is 13.2 Å². The largest absolute Gasteiger partial charge is 0.434 e. The lowest BCUT2D eigenvalue weighted by Crippen LogP contribution is -2.33. The van der Waals surface area contributed by atoms with Crippen molar-refractivity contribution in [3.8, 4) is 0 Å². The smallest absolute Gasteiger partial charge is 0.378 e. The SMILES string of the molecule is Cn1nc2c(=O)n(C3CC3)cnc2c1C(O)(c1cnc(C(F)(F)F)c(Cl)c1)C1CC1. The molecule has 2 aliphatic carbocycles. The molecule has 5 rings (SSSR count). The van der Waals surface area contributed by atoms with Crippen LogP contribution < -0.4 is 5.56 Å². The molecule has 7 nitrogen and oxygen atoms in total. The minimum atomic E-state index is -4.71. The Morgan fingerprint density at radius 3 is 2.43 bits per heavy atom. The molecule has 0 aromatic carbocycles. The Labute approximate surface area is 173 Å². The van der Waals surface area contributed by atoms with Crippen molar-refractivity contribution in [2.45, 2.75) is 43.5 Å². The van der Waals surface area contributed by atoms with Crippen LogP contribution >= 0.6 is 11.6 Å². The van der Waals surface area contributed by atoms with Gasteiger partial charge in [0.15, 0.2) is 11.2 Å². The van der Waals surface area contributed by atoms with Crippen molar-refractivity contribution >= 4 is 22.6 Å². The van der Waals surface area contributed by atoms with Gasteiger partial charge >= 0.3 is 6.18 Å². The zero-order valence-electron chi connectivity index (χ0n) is 15.8. The van der Waals surface area contributed by atoms with Crippen LogP contribution in [0, 0.1) is 5.92 Å². The van der Waals surface area contributed by atoms with Gasteiger partial charge in [-0.15, -0.1) is 0 Å². The van der Waals surface area contributed by atoms with E-state index in [0.29, 0.717) is 12.8 Å². The summed E-state index contributed by atoms with van der Waals surface area (Å²) in [5.74, 6) is -0.279. The molecule has 0 saturated heterocycles. The lowest BCUT2D eigenvalue weighted by atomic mass is 9.85. The first-order valence-electron chi connectivity index (χ1n) is 9.52. The van der Waals surface area contributed by atoms with E-state index >= 15 is 0 Å². The van der Waals surface area contributed by atoms with E-state index in [2.05, 4.69) is 15.1 Å². The van der Waals surface area contributed by atoms with E-state index in [1.807, 2.05) is 0 Å². The van der Waals surface area contributed by atoms with Crippen LogP contribution in [0.15, 0.2) is 23.4 Å². The second-order valence-electron chi connectivity index (χ2n) is 7.95. The maximum absolute atomic E-state index is 13.1.